The van der Waals surface area contributed by atoms with Crippen molar-refractivity contribution in [1.29, 1.82) is 0 Å². The van der Waals surface area contributed by atoms with Crippen molar-refractivity contribution in [1.82, 2.24) is 10.2 Å². The lowest BCUT2D eigenvalue weighted by atomic mass is 10.0. The third kappa shape index (κ3) is 8.77. The molecule has 0 bridgehead atoms. The van der Waals surface area contributed by atoms with Gasteiger partial charge in [-0.25, -0.2) is 8.42 Å². The van der Waals surface area contributed by atoms with E-state index in [0.717, 1.165) is 45.0 Å². The van der Waals surface area contributed by atoms with Gasteiger partial charge in [0.2, 0.25) is 11.8 Å². The molecule has 0 aliphatic carbocycles. The summed E-state index contributed by atoms with van der Waals surface area (Å²) in [7, 11) is -4.21. The topological polar surface area (TPSA) is 86.8 Å². The SMILES string of the molecule is CCCCNC(=O)[C@@H](Cc1ccccc1)N(Cc1ccccc1C)C(=O)CN(c1ccc(C)c(Cl)c1)S(=O)(=O)c1ccc(C)cc1. The van der Waals surface area contributed by atoms with Crippen LogP contribution in [0.4, 0.5) is 5.69 Å². The summed E-state index contributed by atoms with van der Waals surface area (Å²) >= 11 is 6.47. The maximum Gasteiger partial charge on any atom is 0.264 e. The molecule has 0 fully saturated rings. The normalized spacial score (nSPS) is 11.9. The lowest BCUT2D eigenvalue weighted by Crippen LogP contribution is -2.53. The first-order valence-electron chi connectivity index (χ1n) is 15.5. The molecule has 0 aromatic heterocycles. The zero-order valence-corrected chi connectivity index (χ0v) is 28.4. The van der Waals surface area contributed by atoms with Crippen LogP contribution in [0.15, 0.2) is 102 Å². The van der Waals surface area contributed by atoms with Crippen molar-refractivity contribution in [3.8, 4) is 0 Å². The molecule has 0 aliphatic heterocycles. The number of hydrogen-bond acceptors (Lipinski definition) is 4. The van der Waals surface area contributed by atoms with E-state index in [0.29, 0.717) is 11.6 Å². The van der Waals surface area contributed by atoms with E-state index in [1.807, 2.05) is 82.3 Å². The smallest absolute Gasteiger partial charge is 0.264 e. The molecule has 9 heteroatoms. The summed E-state index contributed by atoms with van der Waals surface area (Å²) in [5.41, 5.74) is 4.64. The van der Waals surface area contributed by atoms with E-state index in [1.54, 1.807) is 30.3 Å². The Morgan fingerprint density at radius 2 is 1.52 bits per heavy atom. The van der Waals surface area contributed by atoms with Crippen LogP contribution < -0.4 is 9.62 Å². The number of hydrogen-bond donors (Lipinski definition) is 1. The first-order valence-corrected chi connectivity index (χ1v) is 17.3. The highest BCUT2D eigenvalue weighted by Crippen LogP contribution is 2.29. The third-order valence-corrected chi connectivity index (χ3v) is 10.2. The number of aryl methyl sites for hydroxylation is 3. The summed E-state index contributed by atoms with van der Waals surface area (Å²) in [6.45, 7) is 7.76. The minimum atomic E-state index is -4.21. The van der Waals surface area contributed by atoms with Crippen molar-refractivity contribution in [2.24, 2.45) is 0 Å². The molecule has 1 atom stereocenters. The molecule has 4 aromatic rings. The van der Waals surface area contributed by atoms with E-state index < -0.39 is 28.5 Å². The molecule has 242 valence electrons. The lowest BCUT2D eigenvalue weighted by molar-refractivity contribution is -0.140. The summed E-state index contributed by atoms with van der Waals surface area (Å²) in [5, 5.41) is 3.40. The molecule has 2 amide bonds. The van der Waals surface area contributed by atoms with Gasteiger partial charge in [-0.05, 0) is 73.7 Å². The maximum absolute atomic E-state index is 14.6. The van der Waals surface area contributed by atoms with Crippen molar-refractivity contribution >= 4 is 39.1 Å². The Bertz CT molecular complexity index is 1740. The van der Waals surface area contributed by atoms with Crippen molar-refractivity contribution in [2.45, 2.75) is 64.4 Å². The number of nitrogens with one attached hydrogen (secondary N) is 1. The van der Waals surface area contributed by atoms with E-state index >= 15 is 0 Å². The average molecular weight is 660 g/mol. The number of anilines is 1. The van der Waals surface area contributed by atoms with Gasteiger partial charge < -0.3 is 10.2 Å². The number of benzene rings is 4. The summed E-state index contributed by atoms with van der Waals surface area (Å²) in [5.74, 6) is -0.798. The second kappa shape index (κ2) is 15.9. The van der Waals surface area contributed by atoms with Crippen molar-refractivity contribution in [2.75, 3.05) is 17.4 Å². The molecular formula is C37H42ClN3O4S. The highest BCUT2D eigenvalue weighted by Gasteiger charge is 2.35. The molecule has 4 aromatic carbocycles. The first kappa shape index (κ1) is 34.7. The van der Waals surface area contributed by atoms with Gasteiger partial charge in [0.05, 0.1) is 10.6 Å². The Kier molecular flexibility index (Phi) is 12.0. The Morgan fingerprint density at radius 3 is 2.17 bits per heavy atom. The summed E-state index contributed by atoms with van der Waals surface area (Å²) in [6, 6.07) is 27.7. The van der Waals surface area contributed by atoms with Crippen molar-refractivity contribution < 1.29 is 18.0 Å². The summed E-state index contributed by atoms with van der Waals surface area (Å²) in [6.07, 6.45) is 1.96. The molecule has 0 heterocycles. The van der Waals surface area contributed by atoms with E-state index in [2.05, 4.69) is 5.32 Å². The second-order valence-corrected chi connectivity index (χ2v) is 13.8. The van der Waals surface area contributed by atoms with Gasteiger partial charge in [0.1, 0.15) is 12.6 Å². The van der Waals surface area contributed by atoms with Crippen molar-refractivity contribution in [3.05, 3.63) is 130 Å². The zero-order chi connectivity index (χ0) is 33.3. The summed E-state index contributed by atoms with van der Waals surface area (Å²) in [4.78, 5) is 30.0. The molecular weight excluding hydrogens is 618 g/mol. The summed E-state index contributed by atoms with van der Waals surface area (Å²) < 4.78 is 29.5. The number of amides is 2. The number of nitrogens with zero attached hydrogens (tertiary/aromatic N) is 2. The molecule has 0 aliphatic rings. The quantitative estimate of drug-likeness (QED) is 0.148. The van der Waals surface area contributed by atoms with Gasteiger partial charge in [0, 0.05) is 24.5 Å². The van der Waals surface area contributed by atoms with Gasteiger partial charge in [-0.2, -0.15) is 0 Å². The molecule has 0 unspecified atom stereocenters. The minimum absolute atomic E-state index is 0.0474. The minimum Gasteiger partial charge on any atom is -0.354 e. The average Bonchev–Trinajstić information content (AvgIpc) is 3.04. The highest BCUT2D eigenvalue weighted by atomic mass is 35.5. The first-order chi connectivity index (χ1) is 22.0. The van der Waals surface area contributed by atoms with Crippen LogP contribution >= 0.6 is 11.6 Å². The Labute approximate surface area is 278 Å². The molecule has 0 radical (unpaired) electrons. The predicted octanol–water partition coefficient (Wildman–Crippen LogP) is 7.02. The third-order valence-electron chi connectivity index (χ3n) is 8.03. The number of carbonyl (C=O) groups excluding carboxylic acids is 2. The number of halogens is 1. The van der Waals surface area contributed by atoms with Crippen LogP contribution in [0.25, 0.3) is 0 Å². The van der Waals surface area contributed by atoms with Crippen LogP contribution in [0.3, 0.4) is 0 Å². The van der Waals surface area contributed by atoms with E-state index in [1.165, 1.54) is 17.0 Å². The van der Waals surface area contributed by atoms with E-state index in [-0.39, 0.29) is 29.5 Å². The molecule has 1 N–H and O–H groups in total. The number of rotatable bonds is 14. The van der Waals surface area contributed by atoms with E-state index in [9.17, 15) is 18.0 Å². The Balaban J connectivity index is 1.81. The van der Waals surface area contributed by atoms with Crippen LogP contribution in [-0.2, 0) is 32.6 Å². The predicted molar refractivity (Wildman–Crippen MR) is 185 cm³/mol. The number of carbonyl (C=O) groups is 2. The van der Waals surface area contributed by atoms with Gasteiger partial charge in [0.15, 0.2) is 0 Å². The zero-order valence-electron chi connectivity index (χ0n) is 26.9. The Morgan fingerprint density at radius 1 is 0.848 bits per heavy atom. The fraction of sp³-hybridized carbons (Fsp3) is 0.297. The Hall–Kier alpha value is -4.14. The van der Waals surface area contributed by atoms with Gasteiger partial charge in [-0.1, -0.05) is 103 Å². The van der Waals surface area contributed by atoms with Crippen LogP contribution in [0.2, 0.25) is 5.02 Å². The van der Waals surface area contributed by atoms with Gasteiger partial charge >= 0.3 is 0 Å². The monoisotopic (exact) mass is 659 g/mol. The second-order valence-electron chi connectivity index (χ2n) is 11.6. The molecule has 0 spiro atoms. The van der Waals surface area contributed by atoms with Crippen LogP contribution in [-0.4, -0.2) is 44.3 Å². The van der Waals surface area contributed by atoms with E-state index in [4.69, 9.17) is 11.6 Å². The molecule has 0 saturated carbocycles. The number of sulfonamides is 1. The van der Waals surface area contributed by atoms with Gasteiger partial charge in [-0.3, -0.25) is 13.9 Å². The molecule has 46 heavy (non-hydrogen) atoms. The fourth-order valence-corrected chi connectivity index (χ4v) is 6.72. The fourth-order valence-electron chi connectivity index (χ4n) is 5.13. The van der Waals surface area contributed by atoms with Crippen LogP contribution in [0, 0.1) is 20.8 Å². The van der Waals surface area contributed by atoms with Gasteiger partial charge in [-0.15, -0.1) is 0 Å². The standard InChI is InChI=1S/C37H42ClN3O4S/c1-5-6-22-39-37(43)35(23-30-13-8-7-9-14-30)40(25-31-15-11-10-12-28(31)3)36(42)26-41(32-19-18-29(4)34(38)24-32)46(44,45)33-20-16-27(2)17-21-33/h7-21,24,35H,5-6,22-23,25-26H2,1-4H3,(H,39,43)/t35-/m1/s1. The highest BCUT2D eigenvalue weighted by molar-refractivity contribution is 7.92. The van der Waals surface area contributed by atoms with Gasteiger partial charge in [0.25, 0.3) is 10.0 Å². The lowest BCUT2D eigenvalue weighted by Gasteiger charge is -2.34. The maximum atomic E-state index is 14.6. The van der Waals surface area contributed by atoms with Crippen molar-refractivity contribution in [3.63, 3.8) is 0 Å². The van der Waals surface area contributed by atoms with Crippen LogP contribution in [0.1, 0.15) is 47.6 Å². The molecule has 7 nitrogen and oxygen atoms in total. The largest absolute Gasteiger partial charge is 0.354 e. The van der Waals surface area contributed by atoms with Crippen LogP contribution in [0.5, 0.6) is 0 Å². The molecule has 0 saturated heterocycles. The number of unbranched alkanes of at least 4 members (excludes halogenated alkanes) is 1. The molecule has 4 rings (SSSR count).